The van der Waals surface area contributed by atoms with Crippen LogP contribution in [0, 0.1) is 7.05 Å². The number of rotatable bonds is 0. The van der Waals surface area contributed by atoms with Gasteiger partial charge in [0.25, 0.3) is 0 Å². The maximum atomic E-state index is 3.72. The summed E-state index contributed by atoms with van der Waals surface area (Å²) in [5, 5.41) is 0. The predicted molar refractivity (Wildman–Crippen MR) is 23.0 cm³/mol. The molecular weight excluding hydrogens is 76.1 g/mol. The Morgan fingerprint density at radius 3 is 2.67 bits per heavy atom. The van der Waals surface area contributed by atoms with E-state index in [4.69, 9.17) is 0 Å². The van der Waals surface area contributed by atoms with Gasteiger partial charge in [0.15, 0.2) is 0 Å². The monoisotopic (exact) mass is 81.0 g/mol. The first-order valence-corrected chi connectivity index (χ1v) is 1.68. The third kappa shape index (κ3) is 0.407. The Bertz CT molecular complexity index is 109. The standard InChI is InChI=1S/C4H5N2/c1-6-3-2-5-4-6/h2-4H,1H2. The molecule has 1 rings (SSSR count). The van der Waals surface area contributed by atoms with E-state index in [2.05, 4.69) is 12.0 Å². The van der Waals surface area contributed by atoms with Crippen LogP contribution in [0.5, 0.6) is 0 Å². The van der Waals surface area contributed by atoms with Crippen LogP contribution in [0.15, 0.2) is 18.7 Å². The zero-order valence-electron chi connectivity index (χ0n) is 3.33. The zero-order chi connectivity index (χ0) is 4.41. The summed E-state index contributed by atoms with van der Waals surface area (Å²) in [5.74, 6) is 0. The lowest BCUT2D eigenvalue weighted by atomic mass is 10.9. The maximum absolute atomic E-state index is 3.72. The second kappa shape index (κ2) is 1.12. The SMILES string of the molecule is [CH2]n1ccnc1. The van der Waals surface area contributed by atoms with Crippen LogP contribution >= 0.6 is 0 Å². The van der Waals surface area contributed by atoms with Gasteiger partial charge in [-0.1, -0.05) is 0 Å². The molecule has 0 aliphatic carbocycles. The molecule has 0 N–H and O–H groups in total. The molecule has 0 fully saturated rings. The summed E-state index contributed by atoms with van der Waals surface area (Å²) in [7, 11) is 3.53. The number of nitrogens with zero attached hydrogens (tertiary/aromatic N) is 2. The van der Waals surface area contributed by atoms with E-state index in [0.29, 0.717) is 0 Å². The van der Waals surface area contributed by atoms with Crippen molar-refractivity contribution in [2.75, 3.05) is 0 Å². The summed E-state index contributed by atoms with van der Waals surface area (Å²) in [6, 6.07) is 0. The van der Waals surface area contributed by atoms with E-state index < -0.39 is 0 Å². The van der Waals surface area contributed by atoms with Crippen molar-refractivity contribution in [1.29, 1.82) is 0 Å². The molecule has 1 heterocycles. The number of hydrogen-bond acceptors (Lipinski definition) is 1. The van der Waals surface area contributed by atoms with E-state index in [1.165, 1.54) is 0 Å². The molecule has 1 aromatic heterocycles. The third-order valence-corrected chi connectivity index (χ3v) is 0.559. The van der Waals surface area contributed by atoms with Crippen molar-refractivity contribution in [3.63, 3.8) is 0 Å². The van der Waals surface area contributed by atoms with E-state index in [9.17, 15) is 0 Å². The molecule has 6 heavy (non-hydrogen) atoms. The summed E-state index contributed by atoms with van der Waals surface area (Å²) in [4.78, 5) is 3.72. The highest BCUT2D eigenvalue weighted by atomic mass is 15.0. The average Bonchev–Trinajstić information content (AvgIpc) is 1.86. The van der Waals surface area contributed by atoms with Gasteiger partial charge in [0.1, 0.15) is 0 Å². The van der Waals surface area contributed by atoms with Gasteiger partial charge in [-0.05, 0) is 0 Å². The molecule has 0 aliphatic rings. The quantitative estimate of drug-likeness (QED) is 0.445. The van der Waals surface area contributed by atoms with Crippen molar-refractivity contribution in [3.8, 4) is 0 Å². The minimum absolute atomic E-state index is 1.64. The van der Waals surface area contributed by atoms with Crippen LogP contribution in [0.1, 0.15) is 0 Å². The molecule has 1 radical (unpaired) electrons. The van der Waals surface area contributed by atoms with Gasteiger partial charge in [-0.15, -0.1) is 0 Å². The van der Waals surface area contributed by atoms with Crippen molar-refractivity contribution >= 4 is 0 Å². The van der Waals surface area contributed by atoms with Gasteiger partial charge >= 0.3 is 0 Å². The first-order chi connectivity index (χ1) is 2.89. The largest absolute Gasteiger partial charge is 0.336 e. The summed E-state index contributed by atoms with van der Waals surface area (Å²) in [6.45, 7) is 0. The van der Waals surface area contributed by atoms with E-state index in [1.807, 2.05) is 0 Å². The van der Waals surface area contributed by atoms with Gasteiger partial charge in [0, 0.05) is 19.4 Å². The van der Waals surface area contributed by atoms with Crippen LogP contribution in [-0.2, 0) is 0 Å². The summed E-state index contributed by atoms with van der Waals surface area (Å²) < 4.78 is 1.64. The molecule has 0 amide bonds. The molecule has 1 aromatic rings. The van der Waals surface area contributed by atoms with Crippen LogP contribution in [0.4, 0.5) is 0 Å². The van der Waals surface area contributed by atoms with Gasteiger partial charge in [-0.2, -0.15) is 0 Å². The van der Waals surface area contributed by atoms with E-state index >= 15 is 0 Å². The van der Waals surface area contributed by atoms with E-state index in [-0.39, 0.29) is 0 Å². The molecule has 0 aliphatic heterocycles. The van der Waals surface area contributed by atoms with Crippen molar-refractivity contribution < 1.29 is 0 Å². The number of aromatic nitrogens is 2. The first-order valence-electron chi connectivity index (χ1n) is 1.68. The zero-order valence-corrected chi connectivity index (χ0v) is 3.33. The van der Waals surface area contributed by atoms with Crippen LogP contribution in [0.2, 0.25) is 0 Å². The molecule has 0 unspecified atom stereocenters. The van der Waals surface area contributed by atoms with Crippen LogP contribution < -0.4 is 0 Å². The number of imidazole rings is 1. The molecule has 31 valence electrons. The van der Waals surface area contributed by atoms with Crippen molar-refractivity contribution in [2.45, 2.75) is 0 Å². The lowest BCUT2D eigenvalue weighted by molar-refractivity contribution is 1.06. The minimum atomic E-state index is 1.64. The average molecular weight is 81.1 g/mol. The minimum Gasteiger partial charge on any atom is -0.336 e. The van der Waals surface area contributed by atoms with Gasteiger partial charge < -0.3 is 4.57 Å². The lowest BCUT2D eigenvalue weighted by Crippen LogP contribution is -1.72. The summed E-state index contributed by atoms with van der Waals surface area (Å²) in [5.41, 5.74) is 0. The molecule has 0 atom stereocenters. The molecular formula is C4H5N2. The van der Waals surface area contributed by atoms with E-state index in [0.717, 1.165) is 0 Å². The molecule has 0 aromatic carbocycles. The van der Waals surface area contributed by atoms with Crippen molar-refractivity contribution in [2.24, 2.45) is 0 Å². The first kappa shape index (κ1) is 3.40. The normalized spacial score (nSPS) is 8.83. The van der Waals surface area contributed by atoms with Gasteiger partial charge in [-0.25, -0.2) is 4.98 Å². The second-order valence-corrected chi connectivity index (χ2v) is 1.08. The summed E-state index contributed by atoms with van der Waals surface area (Å²) in [6.07, 6.45) is 5.10. The van der Waals surface area contributed by atoms with Crippen molar-refractivity contribution in [3.05, 3.63) is 25.8 Å². The van der Waals surface area contributed by atoms with Gasteiger partial charge in [-0.3, -0.25) is 0 Å². The Labute approximate surface area is 36.4 Å². The lowest BCUT2D eigenvalue weighted by Gasteiger charge is -1.76. The number of hydrogen-bond donors (Lipinski definition) is 0. The van der Waals surface area contributed by atoms with Gasteiger partial charge in [0.05, 0.1) is 6.33 Å². The predicted octanol–water partition coefficient (Wildman–Crippen LogP) is 0.523. The fraction of sp³-hybridized carbons (Fsp3) is 0. The molecule has 0 spiro atoms. The van der Waals surface area contributed by atoms with Crippen LogP contribution in [0.25, 0.3) is 0 Å². The Morgan fingerprint density at radius 1 is 1.67 bits per heavy atom. The Kier molecular flexibility index (Phi) is 0.638. The smallest absolute Gasteiger partial charge is 0.0946 e. The Balaban J connectivity index is 3.05. The molecule has 0 bridgehead atoms. The topological polar surface area (TPSA) is 17.8 Å². The molecule has 0 saturated heterocycles. The fourth-order valence-electron chi connectivity index (χ4n) is 0.287. The highest BCUT2D eigenvalue weighted by molar-refractivity contribution is 4.74. The van der Waals surface area contributed by atoms with Crippen LogP contribution in [-0.4, -0.2) is 9.55 Å². The van der Waals surface area contributed by atoms with Crippen LogP contribution in [0.3, 0.4) is 0 Å². The van der Waals surface area contributed by atoms with E-state index in [1.54, 1.807) is 23.3 Å². The molecule has 2 heteroatoms. The second-order valence-electron chi connectivity index (χ2n) is 1.08. The third-order valence-electron chi connectivity index (χ3n) is 0.559. The fourth-order valence-corrected chi connectivity index (χ4v) is 0.287. The van der Waals surface area contributed by atoms with Crippen molar-refractivity contribution in [1.82, 2.24) is 9.55 Å². The summed E-state index contributed by atoms with van der Waals surface area (Å²) >= 11 is 0. The Morgan fingerprint density at radius 2 is 2.50 bits per heavy atom. The highest BCUT2D eigenvalue weighted by Gasteiger charge is 1.69. The maximum Gasteiger partial charge on any atom is 0.0946 e. The highest BCUT2D eigenvalue weighted by Crippen LogP contribution is 1.75. The Hall–Kier alpha value is -0.790. The molecule has 0 saturated carbocycles. The van der Waals surface area contributed by atoms with Gasteiger partial charge in [0.2, 0.25) is 0 Å². The molecule has 2 nitrogen and oxygen atoms in total.